The highest BCUT2D eigenvalue weighted by Crippen LogP contribution is 2.08. The van der Waals surface area contributed by atoms with E-state index in [1.165, 1.54) is 6.42 Å². The van der Waals surface area contributed by atoms with Crippen molar-refractivity contribution in [2.45, 2.75) is 59.0 Å². The second-order valence-corrected chi connectivity index (χ2v) is 6.72. The lowest BCUT2D eigenvalue weighted by atomic mass is 10.1. The summed E-state index contributed by atoms with van der Waals surface area (Å²) in [6.07, 6.45) is 3.49. The largest absolute Gasteiger partial charge is 0.355 e. The molecule has 0 aromatic rings. The molecule has 0 unspecified atom stereocenters. The molecular weight excluding hydrogens is 417 g/mol. The maximum absolute atomic E-state index is 12.2. The Morgan fingerprint density at radius 1 is 1.08 bits per heavy atom. The van der Waals surface area contributed by atoms with Gasteiger partial charge in [-0.05, 0) is 47.0 Å². The molecule has 0 spiro atoms. The molecule has 7 heteroatoms. The fraction of sp³-hybridized carbons (Fsp3) is 0.882. The lowest BCUT2D eigenvalue weighted by Crippen LogP contribution is -2.48. The summed E-state index contributed by atoms with van der Waals surface area (Å²) in [7, 11) is 1.74. The van der Waals surface area contributed by atoms with Gasteiger partial charge in [0.15, 0.2) is 5.96 Å². The molecule has 1 amide bonds. The third-order valence-corrected chi connectivity index (χ3v) is 4.33. The van der Waals surface area contributed by atoms with Gasteiger partial charge in [0.25, 0.3) is 0 Å². The third kappa shape index (κ3) is 8.50. The first-order chi connectivity index (χ1) is 11.0. The number of nitrogens with zero attached hydrogens (tertiary/aromatic N) is 3. The van der Waals surface area contributed by atoms with E-state index in [0.717, 1.165) is 39.0 Å². The Bertz CT molecular complexity index is 373. The minimum absolute atomic E-state index is 0. The molecule has 0 aliphatic carbocycles. The van der Waals surface area contributed by atoms with Crippen LogP contribution < -0.4 is 10.6 Å². The second kappa shape index (κ2) is 12.7. The summed E-state index contributed by atoms with van der Waals surface area (Å²) in [4.78, 5) is 20.7. The van der Waals surface area contributed by atoms with Crippen LogP contribution in [0.5, 0.6) is 0 Å². The molecular formula is C17H36IN5O. The second-order valence-electron chi connectivity index (χ2n) is 6.72. The summed E-state index contributed by atoms with van der Waals surface area (Å²) in [5.74, 6) is 0.862. The molecule has 1 aliphatic rings. The third-order valence-electron chi connectivity index (χ3n) is 4.33. The zero-order valence-corrected chi connectivity index (χ0v) is 18.3. The number of likely N-dealkylation sites (tertiary alicyclic amines) is 1. The summed E-state index contributed by atoms with van der Waals surface area (Å²) in [6, 6.07) is 1.04. The van der Waals surface area contributed by atoms with Crippen molar-refractivity contribution in [2.75, 3.05) is 39.8 Å². The Labute approximate surface area is 164 Å². The maximum atomic E-state index is 12.2. The van der Waals surface area contributed by atoms with Crippen LogP contribution in [-0.2, 0) is 4.79 Å². The molecule has 24 heavy (non-hydrogen) atoms. The number of guanidine groups is 1. The van der Waals surface area contributed by atoms with E-state index < -0.39 is 0 Å². The number of rotatable bonds is 7. The smallest absolute Gasteiger partial charge is 0.241 e. The Kier molecular flexibility index (Phi) is 12.4. The zero-order valence-electron chi connectivity index (χ0n) is 16.0. The molecule has 2 N–H and O–H groups in total. The predicted molar refractivity (Wildman–Crippen MR) is 112 cm³/mol. The SMILES string of the molecule is CN=C(NCCN(C(C)C)C(C)C)NCC(=O)N1CCCCC1.I. The average Bonchev–Trinajstić information content (AvgIpc) is 2.54. The van der Waals surface area contributed by atoms with E-state index >= 15 is 0 Å². The van der Waals surface area contributed by atoms with Crippen molar-refractivity contribution < 1.29 is 4.79 Å². The van der Waals surface area contributed by atoms with Gasteiger partial charge in [0.2, 0.25) is 5.91 Å². The van der Waals surface area contributed by atoms with Gasteiger partial charge < -0.3 is 15.5 Å². The molecule has 0 aromatic heterocycles. The molecule has 0 aromatic carbocycles. The standard InChI is InChI=1S/C17H35N5O.HI/c1-14(2)22(15(3)4)12-9-19-17(18-5)20-13-16(23)21-10-7-6-8-11-21;/h14-15H,6-13H2,1-5H3,(H2,18,19,20);1H. The number of piperidine rings is 1. The van der Waals surface area contributed by atoms with Crippen LogP contribution in [0.15, 0.2) is 4.99 Å². The summed E-state index contributed by atoms with van der Waals surface area (Å²) in [6.45, 7) is 12.7. The molecule has 0 saturated carbocycles. The van der Waals surface area contributed by atoms with Gasteiger partial charge in [-0.3, -0.25) is 14.7 Å². The van der Waals surface area contributed by atoms with E-state index in [1.54, 1.807) is 7.05 Å². The van der Waals surface area contributed by atoms with E-state index in [1.807, 2.05) is 4.90 Å². The predicted octanol–water partition coefficient (Wildman–Crippen LogP) is 1.90. The molecule has 142 valence electrons. The Hall–Kier alpha value is -0.570. The summed E-state index contributed by atoms with van der Waals surface area (Å²) >= 11 is 0. The molecule has 1 fully saturated rings. The van der Waals surface area contributed by atoms with Crippen molar-refractivity contribution in [3.05, 3.63) is 0 Å². The van der Waals surface area contributed by atoms with Crippen LogP contribution in [-0.4, -0.2) is 73.5 Å². The summed E-state index contributed by atoms with van der Waals surface area (Å²) in [5, 5.41) is 6.42. The molecule has 0 radical (unpaired) electrons. The van der Waals surface area contributed by atoms with Crippen LogP contribution in [0.1, 0.15) is 47.0 Å². The van der Waals surface area contributed by atoms with Gasteiger partial charge in [0.05, 0.1) is 6.54 Å². The Balaban J connectivity index is 0.00000529. The average molecular weight is 453 g/mol. The first-order valence-corrected chi connectivity index (χ1v) is 8.93. The van der Waals surface area contributed by atoms with E-state index in [4.69, 9.17) is 0 Å². The van der Waals surface area contributed by atoms with Crippen LogP contribution in [0.25, 0.3) is 0 Å². The van der Waals surface area contributed by atoms with Crippen molar-refractivity contribution in [1.29, 1.82) is 0 Å². The minimum atomic E-state index is 0. The highest BCUT2D eigenvalue weighted by Gasteiger charge is 2.16. The number of amides is 1. The number of halogens is 1. The Morgan fingerprint density at radius 3 is 2.17 bits per heavy atom. The van der Waals surface area contributed by atoms with Crippen molar-refractivity contribution in [2.24, 2.45) is 4.99 Å². The number of carbonyl (C=O) groups excluding carboxylic acids is 1. The van der Waals surface area contributed by atoms with Gasteiger partial charge in [-0.2, -0.15) is 0 Å². The van der Waals surface area contributed by atoms with E-state index in [9.17, 15) is 4.79 Å². The first-order valence-electron chi connectivity index (χ1n) is 8.93. The van der Waals surface area contributed by atoms with Gasteiger partial charge in [-0.25, -0.2) is 0 Å². The van der Waals surface area contributed by atoms with Crippen molar-refractivity contribution >= 4 is 35.8 Å². The number of hydrogen-bond acceptors (Lipinski definition) is 3. The number of hydrogen-bond donors (Lipinski definition) is 2. The van der Waals surface area contributed by atoms with E-state index in [2.05, 4.69) is 48.2 Å². The molecule has 1 saturated heterocycles. The zero-order chi connectivity index (χ0) is 17.2. The van der Waals surface area contributed by atoms with Crippen LogP contribution >= 0.6 is 24.0 Å². The molecule has 6 nitrogen and oxygen atoms in total. The van der Waals surface area contributed by atoms with Crippen LogP contribution in [0.4, 0.5) is 0 Å². The first kappa shape index (κ1) is 23.4. The van der Waals surface area contributed by atoms with Crippen LogP contribution in [0.2, 0.25) is 0 Å². The Morgan fingerprint density at radius 2 is 1.67 bits per heavy atom. The van der Waals surface area contributed by atoms with Crippen molar-refractivity contribution in [3.8, 4) is 0 Å². The van der Waals surface area contributed by atoms with Crippen LogP contribution in [0, 0.1) is 0 Å². The summed E-state index contributed by atoms with van der Waals surface area (Å²) in [5.41, 5.74) is 0. The lowest BCUT2D eigenvalue weighted by molar-refractivity contribution is -0.130. The van der Waals surface area contributed by atoms with Crippen molar-refractivity contribution in [3.63, 3.8) is 0 Å². The fourth-order valence-electron chi connectivity index (χ4n) is 3.05. The number of nitrogens with one attached hydrogen (secondary N) is 2. The van der Waals surface area contributed by atoms with Gasteiger partial charge >= 0.3 is 0 Å². The van der Waals surface area contributed by atoms with Gasteiger partial charge in [0, 0.05) is 45.3 Å². The monoisotopic (exact) mass is 453 g/mol. The van der Waals surface area contributed by atoms with Gasteiger partial charge in [0.1, 0.15) is 0 Å². The molecule has 0 bridgehead atoms. The molecule has 1 heterocycles. The quantitative estimate of drug-likeness (QED) is 0.351. The minimum Gasteiger partial charge on any atom is -0.355 e. The lowest BCUT2D eigenvalue weighted by Gasteiger charge is -2.30. The van der Waals surface area contributed by atoms with E-state index in [0.29, 0.717) is 24.6 Å². The number of aliphatic imine (C=N–C) groups is 1. The van der Waals surface area contributed by atoms with Gasteiger partial charge in [-0.1, -0.05) is 0 Å². The maximum Gasteiger partial charge on any atom is 0.241 e. The normalized spacial score (nSPS) is 15.7. The topological polar surface area (TPSA) is 60.0 Å². The van der Waals surface area contributed by atoms with E-state index in [-0.39, 0.29) is 29.9 Å². The van der Waals surface area contributed by atoms with Crippen LogP contribution in [0.3, 0.4) is 0 Å². The molecule has 0 atom stereocenters. The van der Waals surface area contributed by atoms with Crippen molar-refractivity contribution in [1.82, 2.24) is 20.4 Å². The molecule has 1 rings (SSSR count). The molecule has 1 aliphatic heterocycles. The fourth-order valence-corrected chi connectivity index (χ4v) is 3.05. The summed E-state index contributed by atoms with van der Waals surface area (Å²) < 4.78 is 0. The number of carbonyl (C=O) groups is 1. The highest BCUT2D eigenvalue weighted by molar-refractivity contribution is 14.0. The van der Waals surface area contributed by atoms with Gasteiger partial charge in [-0.15, -0.1) is 24.0 Å². The highest BCUT2D eigenvalue weighted by atomic mass is 127.